The highest BCUT2D eigenvalue weighted by molar-refractivity contribution is 14.2. The van der Waals surface area contributed by atoms with E-state index in [2.05, 4.69) is 15.7 Å². The van der Waals surface area contributed by atoms with Crippen molar-refractivity contribution < 1.29 is 4.79 Å². The van der Waals surface area contributed by atoms with Crippen LogP contribution in [0.2, 0.25) is 0 Å². The van der Waals surface area contributed by atoms with Gasteiger partial charge in [0.15, 0.2) is 23.0 Å². The van der Waals surface area contributed by atoms with Crippen LogP contribution in [0.15, 0.2) is 0 Å². The van der Waals surface area contributed by atoms with Crippen molar-refractivity contribution in [2.24, 2.45) is 0 Å². The zero-order valence-electron chi connectivity index (χ0n) is 6.44. The number of hydrogen-bond acceptors (Lipinski definition) is 1. The Kier molecular flexibility index (Phi) is 8.38. The Bertz CT molecular complexity index is 149. The average Bonchev–Trinajstić information content (AvgIpc) is 2.01. The second-order valence-corrected chi connectivity index (χ2v) is 4.59. The van der Waals surface area contributed by atoms with Crippen LogP contribution in [0.3, 0.4) is 0 Å². The summed E-state index contributed by atoms with van der Waals surface area (Å²) in [4.78, 5) is 10.9. The van der Waals surface area contributed by atoms with Gasteiger partial charge < -0.3 is 5.32 Å². The number of halogens is 1. The van der Waals surface area contributed by atoms with Crippen molar-refractivity contribution >= 4 is 48.4 Å². The number of alkyl halides is 1. The molecule has 0 aliphatic carbocycles. The summed E-state index contributed by atoms with van der Waals surface area (Å²) in [5, 5.41) is 2.81. The topological polar surface area (TPSA) is 29.1 Å². The number of hydrogen-bond donors (Lipinski definition) is 1. The van der Waals surface area contributed by atoms with Crippen LogP contribution in [0.5, 0.6) is 0 Å². The third-order valence-electron chi connectivity index (χ3n) is 1.05. The maximum Gasteiger partial charge on any atom is 0.220 e. The van der Waals surface area contributed by atoms with Gasteiger partial charge in [-0.15, -0.1) is 20.7 Å². The second kappa shape index (κ2) is 8.26. The molecule has 64 valence electrons. The van der Waals surface area contributed by atoms with E-state index in [1.54, 1.807) is 0 Å². The smallest absolute Gasteiger partial charge is 0.220 e. The monoisotopic (exact) mass is 286 g/mol. The summed E-state index contributed by atoms with van der Waals surface area (Å²) >= 11 is 1.49. The fraction of sp³-hybridized carbons (Fsp3) is 0.571. The summed E-state index contributed by atoms with van der Waals surface area (Å²) in [5.74, 6) is 4.75. The quantitative estimate of drug-likeness (QED) is 0.192. The van der Waals surface area contributed by atoms with Crippen LogP contribution < -0.4 is 5.32 Å². The van der Waals surface area contributed by atoms with Crippen molar-refractivity contribution in [3.63, 3.8) is 0 Å². The molecule has 1 amide bonds. The van der Waals surface area contributed by atoms with E-state index in [9.17, 15) is 4.79 Å². The van der Waals surface area contributed by atoms with Gasteiger partial charge in [0.2, 0.25) is 5.91 Å². The summed E-state index contributed by atoms with van der Waals surface area (Å²) in [6, 6.07) is 0. The highest BCUT2D eigenvalue weighted by atomic mass is 127. The van der Waals surface area contributed by atoms with Crippen molar-refractivity contribution in [2.45, 2.75) is 12.8 Å². The van der Waals surface area contributed by atoms with Crippen molar-refractivity contribution in [3.05, 3.63) is 0 Å². The van der Waals surface area contributed by atoms with Crippen LogP contribution in [0.4, 0.5) is 0 Å². The van der Waals surface area contributed by atoms with Crippen LogP contribution in [0.25, 0.3) is 0 Å². The zero-order chi connectivity index (χ0) is 8.53. The highest BCUT2D eigenvalue weighted by Gasteiger charge is 2.00. The fourth-order valence-corrected chi connectivity index (χ4v) is 1.59. The molecule has 0 heterocycles. The fourth-order valence-electron chi connectivity index (χ4n) is 0.545. The van der Waals surface area contributed by atoms with Crippen molar-refractivity contribution in [3.8, 4) is 0 Å². The molecule has 0 rings (SSSR count). The number of nitrogens with one attached hydrogen (secondary N) is 1. The lowest BCUT2D eigenvalue weighted by atomic mass is 10.3. The van der Waals surface area contributed by atoms with E-state index in [0.29, 0.717) is 6.42 Å². The molecule has 0 saturated heterocycles. The Hall–Kier alpha value is 0.160. The lowest BCUT2D eigenvalue weighted by Gasteiger charge is -1.97. The Morgan fingerprint density at radius 1 is 1.64 bits per heavy atom. The van der Waals surface area contributed by atoms with E-state index in [-0.39, 0.29) is 26.6 Å². The lowest BCUT2D eigenvalue weighted by Crippen LogP contribution is -2.21. The van der Waals surface area contributed by atoms with Gasteiger partial charge in [-0.25, -0.2) is 0 Å². The Morgan fingerprint density at radius 2 is 2.36 bits per heavy atom. The molecule has 0 aromatic heterocycles. The normalized spacial score (nSPS) is 9.09. The third kappa shape index (κ3) is 8.06. The molecular weight excluding hydrogens is 273 g/mol. The first kappa shape index (κ1) is 11.2. The molecule has 0 saturated carbocycles. The Balaban J connectivity index is 3.21. The number of carbonyl (C=O) groups is 1. The summed E-state index contributed by atoms with van der Waals surface area (Å²) in [7, 11) is 0. The summed E-state index contributed by atoms with van der Waals surface area (Å²) in [6.45, 7) is 0. The predicted octanol–water partition coefficient (Wildman–Crippen LogP) is 0.758. The van der Waals surface area contributed by atoms with E-state index < -0.39 is 0 Å². The molecule has 0 spiro atoms. The van der Waals surface area contributed by atoms with Crippen LogP contribution in [-0.4, -0.2) is 26.6 Å². The largest absolute Gasteiger partial charge is 0.348 e. The molecule has 0 fully saturated rings. The second-order valence-electron chi connectivity index (χ2n) is 1.93. The van der Waals surface area contributed by atoms with Gasteiger partial charge in [-0.3, -0.25) is 4.79 Å². The van der Waals surface area contributed by atoms with Crippen molar-refractivity contribution in [1.29, 1.82) is 0 Å². The molecule has 0 aromatic carbocycles. The summed E-state index contributed by atoms with van der Waals surface area (Å²) in [5.41, 5.74) is 0. The van der Waals surface area contributed by atoms with E-state index in [0.717, 1.165) is 16.7 Å². The molecule has 0 aromatic rings. The first-order valence-electron chi connectivity index (χ1n) is 3.27. The first-order valence-corrected chi connectivity index (χ1v) is 7.48. The van der Waals surface area contributed by atoms with Gasteiger partial charge in [0.05, 0.1) is 4.55 Å². The van der Waals surface area contributed by atoms with Gasteiger partial charge in [0, 0.05) is 12.8 Å². The molecule has 0 atom stereocenters. The van der Waals surface area contributed by atoms with Gasteiger partial charge in [0.25, 0.3) is 0 Å². The molecule has 0 unspecified atom stereocenters. The minimum atomic E-state index is -0.0454. The Labute approximate surface area is 81.5 Å². The minimum Gasteiger partial charge on any atom is -0.348 e. The molecule has 0 radical (unpaired) electrons. The van der Waals surface area contributed by atoms with Gasteiger partial charge >= 0.3 is 0 Å². The molecule has 0 aliphatic heterocycles. The number of carbonyl (C=O) groups excluding carboxylic acids is 1. The van der Waals surface area contributed by atoms with Crippen LogP contribution in [0, 0.1) is 0 Å². The minimum absolute atomic E-state index is 0.0454. The molecule has 11 heavy (non-hydrogen) atoms. The molecule has 0 aliphatic rings. The first-order chi connectivity index (χ1) is 5.31. The van der Waals surface area contributed by atoms with E-state index >= 15 is 0 Å². The van der Waals surface area contributed by atoms with Crippen molar-refractivity contribution in [1.82, 2.24) is 5.32 Å². The molecule has 0 bridgehead atoms. The lowest BCUT2D eigenvalue weighted by molar-refractivity contribution is -0.120. The Morgan fingerprint density at radius 3 is 2.91 bits per heavy atom. The van der Waals surface area contributed by atoms with Gasteiger partial charge in [0.1, 0.15) is 0 Å². The van der Waals surface area contributed by atoms with Crippen molar-refractivity contribution in [2.75, 3.05) is 10.3 Å². The third-order valence-corrected chi connectivity index (χ3v) is 2.55. The zero-order valence-corrected chi connectivity index (χ0v) is 9.41. The van der Waals surface area contributed by atoms with Crippen LogP contribution in [-0.2, 0) is 16.1 Å². The van der Waals surface area contributed by atoms with Crippen LogP contribution in [0.1, 0.15) is 12.8 Å². The molecule has 1 N–H and O–H groups in total. The van der Waals surface area contributed by atoms with E-state index in [1.807, 2.05) is 0 Å². The predicted molar refractivity (Wildman–Crippen MR) is 62.7 cm³/mol. The SMILES string of the molecule is C=[S+]CCCC(=O)NCI=C. The molecule has 4 heteroatoms. The van der Waals surface area contributed by atoms with Gasteiger partial charge in [-0.2, -0.15) is 0 Å². The van der Waals surface area contributed by atoms with Gasteiger partial charge in [-0.05, 0) is 0 Å². The average molecular weight is 286 g/mol. The molecule has 2 nitrogen and oxygen atoms in total. The standard InChI is InChI=1S/C7H12INOS/c1-8-6-9-7(10)4-3-5-11-2/h1-6H2/p+1. The number of amides is 1. The summed E-state index contributed by atoms with van der Waals surface area (Å²) in [6.07, 6.45) is 1.56. The van der Waals surface area contributed by atoms with Crippen LogP contribution >= 0.6 is 20.7 Å². The van der Waals surface area contributed by atoms with Gasteiger partial charge in [-0.1, -0.05) is 4.51 Å². The molecular formula is C7H13INOS+. The van der Waals surface area contributed by atoms with E-state index in [4.69, 9.17) is 0 Å². The van der Waals surface area contributed by atoms with E-state index in [1.165, 1.54) is 11.4 Å². The highest BCUT2D eigenvalue weighted by Crippen LogP contribution is 1.90. The maximum atomic E-state index is 10.9. The maximum absolute atomic E-state index is 10.9. The summed E-state index contributed by atoms with van der Waals surface area (Å²) < 4.78 is 4.54. The number of rotatable bonds is 6.